The van der Waals surface area contributed by atoms with E-state index in [1.807, 2.05) is 56.4 Å². The Kier molecular flexibility index (Phi) is 5.29. The van der Waals surface area contributed by atoms with Gasteiger partial charge in [0.1, 0.15) is 6.54 Å². The fourth-order valence-electron chi connectivity index (χ4n) is 2.29. The van der Waals surface area contributed by atoms with Gasteiger partial charge >= 0.3 is 0 Å². The van der Waals surface area contributed by atoms with Crippen LogP contribution in [0.4, 0.5) is 5.69 Å². The number of rotatable bonds is 5. The number of hydrogen-bond donors (Lipinski definition) is 2. The Balaban J connectivity index is 1.91. The highest BCUT2D eigenvalue weighted by Gasteiger charge is 2.12. The molecule has 0 saturated carbocycles. The van der Waals surface area contributed by atoms with Crippen LogP contribution < -0.4 is 10.2 Å². The number of nitrogens with zero attached hydrogens (tertiary/aromatic N) is 1. The molecule has 0 aliphatic carbocycles. The lowest BCUT2D eigenvalue weighted by Crippen LogP contribution is -3.08. The summed E-state index contributed by atoms with van der Waals surface area (Å²) in [6.45, 7) is 3.01. The molecule has 22 heavy (non-hydrogen) atoms. The van der Waals surface area contributed by atoms with Crippen molar-refractivity contribution in [3.8, 4) is 6.07 Å². The molecular weight excluding hydrogens is 274 g/mol. The molecule has 0 heterocycles. The van der Waals surface area contributed by atoms with Gasteiger partial charge < -0.3 is 10.2 Å². The van der Waals surface area contributed by atoms with Crippen LogP contribution in [0.1, 0.15) is 16.7 Å². The van der Waals surface area contributed by atoms with E-state index >= 15 is 0 Å². The van der Waals surface area contributed by atoms with Crippen LogP contribution in [0.3, 0.4) is 0 Å². The van der Waals surface area contributed by atoms with E-state index in [2.05, 4.69) is 11.4 Å². The van der Waals surface area contributed by atoms with Gasteiger partial charge in [0.05, 0.1) is 18.7 Å². The summed E-state index contributed by atoms with van der Waals surface area (Å²) in [6.07, 6.45) is 0. The second-order valence-corrected chi connectivity index (χ2v) is 5.49. The van der Waals surface area contributed by atoms with Crippen molar-refractivity contribution in [3.63, 3.8) is 0 Å². The Morgan fingerprint density at radius 1 is 1.18 bits per heavy atom. The maximum absolute atomic E-state index is 12.1. The summed E-state index contributed by atoms with van der Waals surface area (Å²) in [5.74, 6) is -0.0317. The summed E-state index contributed by atoms with van der Waals surface area (Å²) in [7, 11) is 1.95. The number of likely N-dealkylation sites (N-methyl/N-ethyl adjacent to an activating group) is 1. The molecule has 2 aromatic carbocycles. The summed E-state index contributed by atoms with van der Waals surface area (Å²) in [5, 5.41) is 12.0. The second-order valence-electron chi connectivity index (χ2n) is 5.49. The number of hydrogen-bond acceptors (Lipinski definition) is 2. The zero-order valence-electron chi connectivity index (χ0n) is 12.9. The second kappa shape index (κ2) is 7.39. The SMILES string of the molecule is Cc1ccc(NC(=O)C[NH+](C)Cc2ccccc2C#N)cc1. The summed E-state index contributed by atoms with van der Waals surface area (Å²) >= 11 is 0. The van der Waals surface area contributed by atoms with Crippen molar-refractivity contribution in [2.24, 2.45) is 0 Å². The van der Waals surface area contributed by atoms with Crippen molar-refractivity contribution in [1.82, 2.24) is 0 Å². The van der Waals surface area contributed by atoms with Gasteiger partial charge in [-0.05, 0) is 25.1 Å². The standard InChI is InChI=1S/C18H19N3O/c1-14-7-9-17(10-8-14)20-18(22)13-21(2)12-16-6-4-3-5-15(16)11-19/h3-10H,12-13H2,1-2H3,(H,20,22)/p+1. The van der Waals surface area contributed by atoms with Crippen molar-refractivity contribution < 1.29 is 9.69 Å². The van der Waals surface area contributed by atoms with E-state index in [-0.39, 0.29) is 5.91 Å². The minimum Gasteiger partial charge on any atom is -0.326 e. The van der Waals surface area contributed by atoms with Crippen LogP contribution in [-0.4, -0.2) is 19.5 Å². The van der Waals surface area contributed by atoms with Crippen LogP contribution in [-0.2, 0) is 11.3 Å². The number of anilines is 1. The molecule has 0 aromatic heterocycles. The maximum atomic E-state index is 12.1. The van der Waals surface area contributed by atoms with E-state index in [4.69, 9.17) is 5.26 Å². The maximum Gasteiger partial charge on any atom is 0.279 e. The van der Waals surface area contributed by atoms with E-state index < -0.39 is 0 Å². The van der Waals surface area contributed by atoms with Crippen molar-refractivity contribution >= 4 is 11.6 Å². The minimum absolute atomic E-state index is 0.0317. The van der Waals surface area contributed by atoms with Crippen LogP contribution >= 0.6 is 0 Å². The zero-order valence-corrected chi connectivity index (χ0v) is 12.9. The summed E-state index contributed by atoms with van der Waals surface area (Å²) < 4.78 is 0. The number of quaternary nitrogens is 1. The average molecular weight is 294 g/mol. The van der Waals surface area contributed by atoms with E-state index in [1.54, 1.807) is 6.07 Å². The lowest BCUT2D eigenvalue weighted by Gasteiger charge is -2.14. The van der Waals surface area contributed by atoms with Crippen LogP contribution in [0.15, 0.2) is 48.5 Å². The summed E-state index contributed by atoms with van der Waals surface area (Å²) in [4.78, 5) is 13.1. The van der Waals surface area contributed by atoms with Gasteiger partial charge in [-0.1, -0.05) is 35.9 Å². The topological polar surface area (TPSA) is 57.3 Å². The van der Waals surface area contributed by atoms with Gasteiger partial charge in [-0.3, -0.25) is 4.79 Å². The molecule has 0 bridgehead atoms. The molecule has 1 unspecified atom stereocenters. The first-order chi connectivity index (χ1) is 10.6. The largest absolute Gasteiger partial charge is 0.326 e. The number of benzene rings is 2. The number of aryl methyl sites for hydroxylation is 1. The fraction of sp³-hybridized carbons (Fsp3) is 0.222. The van der Waals surface area contributed by atoms with E-state index in [9.17, 15) is 4.79 Å². The Hall–Kier alpha value is -2.64. The molecule has 2 rings (SSSR count). The molecule has 0 radical (unpaired) electrons. The van der Waals surface area contributed by atoms with E-state index in [0.717, 1.165) is 21.7 Å². The Morgan fingerprint density at radius 3 is 2.55 bits per heavy atom. The smallest absolute Gasteiger partial charge is 0.279 e. The van der Waals surface area contributed by atoms with E-state index in [1.165, 1.54) is 0 Å². The highest BCUT2D eigenvalue weighted by molar-refractivity contribution is 5.91. The molecular formula is C18H20N3O+. The number of nitriles is 1. The molecule has 1 amide bonds. The van der Waals surface area contributed by atoms with Gasteiger partial charge in [0.2, 0.25) is 0 Å². The van der Waals surface area contributed by atoms with Gasteiger partial charge in [-0.2, -0.15) is 5.26 Å². The van der Waals surface area contributed by atoms with Crippen LogP contribution in [0.5, 0.6) is 0 Å². The minimum atomic E-state index is -0.0317. The van der Waals surface area contributed by atoms with Crippen molar-refractivity contribution in [1.29, 1.82) is 5.26 Å². The third-order valence-corrected chi connectivity index (χ3v) is 3.43. The molecule has 0 fully saturated rings. The molecule has 0 aliphatic rings. The zero-order chi connectivity index (χ0) is 15.9. The number of carbonyl (C=O) groups excluding carboxylic acids is 1. The number of nitrogens with one attached hydrogen (secondary N) is 2. The highest BCUT2D eigenvalue weighted by atomic mass is 16.2. The molecule has 112 valence electrons. The van der Waals surface area contributed by atoms with Crippen molar-refractivity contribution in [3.05, 3.63) is 65.2 Å². The number of amides is 1. The molecule has 0 aliphatic heterocycles. The lowest BCUT2D eigenvalue weighted by molar-refractivity contribution is -0.885. The van der Waals surface area contributed by atoms with Gasteiger partial charge in [0.15, 0.2) is 6.54 Å². The third-order valence-electron chi connectivity index (χ3n) is 3.43. The van der Waals surface area contributed by atoms with Gasteiger partial charge in [0, 0.05) is 11.3 Å². The molecule has 4 heteroatoms. The molecule has 2 N–H and O–H groups in total. The summed E-state index contributed by atoms with van der Waals surface area (Å²) in [6, 6.07) is 17.4. The van der Waals surface area contributed by atoms with Crippen molar-refractivity contribution in [2.45, 2.75) is 13.5 Å². The first-order valence-corrected chi connectivity index (χ1v) is 7.24. The predicted octanol–water partition coefficient (Wildman–Crippen LogP) is 1.52. The first-order valence-electron chi connectivity index (χ1n) is 7.24. The fourth-order valence-corrected chi connectivity index (χ4v) is 2.29. The third kappa shape index (κ3) is 4.44. The first kappa shape index (κ1) is 15.7. The van der Waals surface area contributed by atoms with Gasteiger partial charge in [-0.25, -0.2) is 0 Å². The molecule has 0 saturated heterocycles. The van der Waals surface area contributed by atoms with Crippen molar-refractivity contribution in [2.75, 3.05) is 18.9 Å². The predicted molar refractivity (Wildman–Crippen MR) is 86.4 cm³/mol. The lowest BCUT2D eigenvalue weighted by atomic mass is 10.1. The van der Waals surface area contributed by atoms with Crippen LogP contribution in [0, 0.1) is 18.3 Å². The Bertz CT molecular complexity index is 686. The molecule has 0 spiro atoms. The molecule has 4 nitrogen and oxygen atoms in total. The van der Waals surface area contributed by atoms with Gasteiger partial charge in [0.25, 0.3) is 5.91 Å². The normalized spacial score (nSPS) is 11.5. The highest BCUT2D eigenvalue weighted by Crippen LogP contribution is 2.08. The quantitative estimate of drug-likeness (QED) is 0.878. The average Bonchev–Trinajstić information content (AvgIpc) is 2.50. The van der Waals surface area contributed by atoms with Crippen LogP contribution in [0.25, 0.3) is 0 Å². The summed E-state index contributed by atoms with van der Waals surface area (Å²) in [5.41, 5.74) is 3.60. The Morgan fingerprint density at radius 2 is 1.86 bits per heavy atom. The molecule has 2 aromatic rings. The Labute approximate surface area is 131 Å². The van der Waals surface area contributed by atoms with E-state index in [0.29, 0.717) is 18.7 Å². The monoisotopic (exact) mass is 294 g/mol. The number of carbonyl (C=O) groups is 1. The van der Waals surface area contributed by atoms with Crippen LogP contribution in [0.2, 0.25) is 0 Å². The molecule has 1 atom stereocenters. The van der Waals surface area contributed by atoms with Gasteiger partial charge in [-0.15, -0.1) is 0 Å².